The number of halogens is 2. The molecule has 0 aliphatic carbocycles. The quantitative estimate of drug-likeness (QED) is 0.915. The van der Waals surface area contributed by atoms with Crippen LogP contribution in [0.3, 0.4) is 0 Å². The van der Waals surface area contributed by atoms with Crippen LogP contribution in [-0.2, 0) is 6.61 Å². The Balaban J connectivity index is 2.18. The predicted molar refractivity (Wildman–Crippen MR) is 71.6 cm³/mol. The first-order valence-corrected chi connectivity index (χ1v) is 6.28. The van der Waals surface area contributed by atoms with Gasteiger partial charge >= 0.3 is 6.55 Å². The number of aryl methyl sites for hydroxylation is 1. The van der Waals surface area contributed by atoms with E-state index in [1.807, 2.05) is 32.0 Å². The van der Waals surface area contributed by atoms with E-state index in [2.05, 4.69) is 4.98 Å². The molecule has 108 valence electrons. The number of nitrogens with zero attached hydrogens (tertiary/aromatic N) is 2. The lowest BCUT2D eigenvalue weighted by atomic mass is 10.1. The van der Waals surface area contributed by atoms with Crippen molar-refractivity contribution in [2.75, 3.05) is 0 Å². The maximum absolute atomic E-state index is 12.7. The normalized spacial score (nSPS) is 12.7. The molecule has 0 saturated carbocycles. The van der Waals surface area contributed by atoms with Crippen LogP contribution in [0.25, 0.3) is 0 Å². The van der Waals surface area contributed by atoms with Gasteiger partial charge in [-0.2, -0.15) is 8.78 Å². The summed E-state index contributed by atoms with van der Waals surface area (Å²) < 4.78 is 31.8. The number of benzene rings is 1. The summed E-state index contributed by atoms with van der Waals surface area (Å²) >= 11 is 0. The molecule has 6 heteroatoms. The second-order valence-corrected chi connectivity index (χ2v) is 4.65. The van der Waals surface area contributed by atoms with E-state index in [0.29, 0.717) is 5.75 Å². The zero-order chi connectivity index (χ0) is 14.7. The van der Waals surface area contributed by atoms with Crippen LogP contribution in [0.2, 0.25) is 0 Å². The Labute approximate surface area is 116 Å². The largest absolute Gasteiger partial charge is 0.485 e. The second-order valence-electron chi connectivity index (χ2n) is 4.65. The summed E-state index contributed by atoms with van der Waals surface area (Å²) in [5, 5.41) is 0. The molecule has 1 atom stereocenters. The van der Waals surface area contributed by atoms with E-state index < -0.39 is 6.55 Å². The zero-order valence-corrected chi connectivity index (χ0v) is 11.4. The smallest absolute Gasteiger partial charge is 0.320 e. The van der Waals surface area contributed by atoms with Gasteiger partial charge in [-0.25, -0.2) is 4.98 Å². The summed E-state index contributed by atoms with van der Waals surface area (Å²) in [6.07, 6.45) is 2.56. The fourth-order valence-electron chi connectivity index (χ4n) is 1.92. The molecular formula is C14H17F2N3O. The lowest BCUT2D eigenvalue weighted by Gasteiger charge is -2.15. The molecule has 2 aromatic rings. The van der Waals surface area contributed by atoms with Crippen LogP contribution in [0, 0.1) is 6.92 Å². The number of hydrogen-bond acceptors (Lipinski definition) is 3. The van der Waals surface area contributed by atoms with Gasteiger partial charge in [0.05, 0.1) is 0 Å². The Morgan fingerprint density at radius 2 is 2.15 bits per heavy atom. The first kappa shape index (κ1) is 14.5. The first-order chi connectivity index (χ1) is 9.49. The van der Waals surface area contributed by atoms with Crippen LogP contribution in [0.4, 0.5) is 8.78 Å². The number of nitrogens with two attached hydrogens (primary N) is 1. The topological polar surface area (TPSA) is 53.1 Å². The molecule has 2 rings (SSSR count). The summed E-state index contributed by atoms with van der Waals surface area (Å²) in [6.45, 7) is 1.12. The van der Waals surface area contributed by atoms with E-state index in [-0.39, 0.29) is 18.5 Å². The Bertz CT molecular complexity index is 582. The summed E-state index contributed by atoms with van der Waals surface area (Å²) in [6, 6.07) is 5.47. The first-order valence-electron chi connectivity index (χ1n) is 6.28. The Kier molecular flexibility index (Phi) is 4.34. The molecule has 0 aliphatic rings. The van der Waals surface area contributed by atoms with Crippen LogP contribution < -0.4 is 10.5 Å². The predicted octanol–water partition coefficient (Wildman–Crippen LogP) is 3.19. The summed E-state index contributed by atoms with van der Waals surface area (Å²) in [5.74, 6) is 0.779. The highest BCUT2D eigenvalue weighted by molar-refractivity contribution is 5.38. The number of alkyl halides is 2. The van der Waals surface area contributed by atoms with Gasteiger partial charge in [0.2, 0.25) is 0 Å². The van der Waals surface area contributed by atoms with Gasteiger partial charge in [0, 0.05) is 24.0 Å². The highest BCUT2D eigenvalue weighted by Crippen LogP contribution is 2.26. The van der Waals surface area contributed by atoms with Gasteiger partial charge < -0.3 is 10.5 Å². The lowest BCUT2D eigenvalue weighted by molar-refractivity contribution is 0.0632. The van der Waals surface area contributed by atoms with Crippen molar-refractivity contribution in [3.8, 4) is 5.75 Å². The van der Waals surface area contributed by atoms with Crippen molar-refractivity contribution < 1.29 is 13.5 Å². The van der Waals surface area contributed by atoms with Crippen molar-refractivity contribution in [2.24, 2.45) is 5.73 Å². The van der Waals surface area contributed by atoms with Gasteiger partial charge in [0.25, 0.3) is 0 Å². The maximum atomic E-state index is 12.7. The SMILES string of the molecule is Cc1ccc([C@H](C)N)c(OCc2nccn2C(F)F)c1. The van der Waals surface area contributed by atoms with Gasteiger partial charge in [0.15, 0.2) is 5.82 Å². The molecular weight excluding hydrogens is 264 g/mol. The number of ether oxygens (including phenoxy) is 1. The van der Waals surface area contributed by atoms with E-state index in [9.17, 15) is 8.78 Å². The van der Waals surface area contributed by atoms with Crippen molar-refractivity contribution in [3.63, 3.8) is 0 Å². The van der Waals surface area contributed by atoms with Gasteiger partial charge in [0.1, 0.15) is 12.4 Å². The summed E-state index contributed by atoms with van der Waals surface area (Å²) in [4.78, 5) is 3.88. The average molecular weight is 281 g/mol. The van der Waals surface area contributed by atoms with Crippen molar-refractivity contribution in [1.29, 1.82) is 0 Å². The average Bonchev–Trinajstić information content (AvgIpc) is 2.84. The monoisotopic (exact) mass is 281 g/mol. The Hall–Kier alpha value is -1.95. The van der Waals surface area contributed by atoms with Gasteiger partial charge in [-0.1, -0.05) is 12.1 Å². The van der Waals surface area contributed by atoms with Crippen LogP contribution >= 0.6 is 0 Å². The van der Waals surface area contributed by atoms with Crippen molar-refractivity contribution in [3.05, 3.63) is 47.5 Å². The van der Waals surface area contributed by atoms with E-state index in [0.717, 1.165) is 15.7 Å². The number of aromatic nitrogens is 2. The lowest BCUT2D eigenvalue weighted by Crippen LogP contribution is -2.11. The van der Waals surface area contributed by atoms with Crippen molar-refractivity contribution in [1.82, 2.24) is 9.55 Å². The zero-order valence-electron chi connectivity index (χ0n) is 11.4. The minimum Gasteiger partial charge on any atom is -0.485 e. The fourth-order valence-corrected chi connectivity index (χ4v) is 1.92. The van der Waals surface area contributed by atoms with Crippen LogP contribution in [0.1, 0.15) is 36.5 Å². The van der Waals surface area contributed by atoms with Crippen molar-refractivity contribution >= 4 is 0 Å². The molecule has 0 spiro atoms. The third-order valence-electron chi connectivity index (χ3n) is 2.98. The van der Waals surface area contributed by atoms with E-state index in [4.69, 9.17) is 10.5 Å². The minimum atomic E-state index is -2.62. The maximum Gasteiger partial charge on any atom is 0.320 e. The summed E-state index contributed by atoms with van der Waals surface area (Å²) in [5.41, 5.74) is 7.72. The van der Waals surface area contributed by atoms with Gasteiger partial charge in [-0.05, 0) is 25.5 Å². The molecule has 0 radical (unpaired) electrons. The highest BCUT2D eigenvalue weighted by atomic mass is 19.3. The van der Waals surface area contributed by atoms with E-state index in [1.54, 1.807) is 0 Å². The van der Waals surface area contributed by atoms with Crippen LogP contribution in [0.15, 0.2) is 30.6 Å². The number of rotatable bonds is 5. The molecule has 1 aromatic carbocycles. The molecule has 0 fully saturated rings. The third kappa shape index (κ3) is 3.14. The molecule has 0 aliphatic heterocycles. The highest BCUT2D eigenvalue weighted by Gasteiger charge is 2.13. The molecule has 0 saturated heterocycles. The van der Waals surface area contributed by atoms with E-state index >= 15 is 0 Å². The van der Waals surface area contributed by atoms with Gasteiger partial charge in [-0.15, -0.1) is 0 Å². The molecule has 2 N–H and O–H groups in total. The number of imidazole rings is 1. The van der Waals surface area contributed by atoms with Crippen molar-refractivity contribution in [2.45, 2.75) is 33.0 Å². The molecule has 1 aromatic heterocycles. The van der Waals surface area contributed by atoms with E-state index in [1.165, 1.54) is 12.4 Å². The standard InChI is InChI=1S/C14H17F2N3O/c1-9-3-4-11(10(2)17)12(7-9)20-8-13-18-5-6-19(13)14(15)16/h3-7,10,14H,8,17H2,1-2H3/t10-/m0/s1. The summed E-state index contributed by atoms with van der Waals surface area (Å²) in [7, 11) is 0. The molecule has 0 bridgehead atoms. The Morgan fingerprint density at radius 1 is 1.40 bits per heavy atom. The molecule has 4 nitrogen and oxygen atoms in total. The van der Waals surface area contributed by atoms with Crippen LogP contribution in [0.5, 0.6) is 5.75 Å². The van der Waals surface area contributed by atoms with Crippen LogP contribution in [-0.4, -0.2) is 9.55 Å². The number of hydrogen-bond donors (Lipinski definition) is 1. The molecule has 20 heavy (non-hydrogen) atoms. The second kappa shape index (κ2) is 6.00. The minimum absolute atomic E-state index is 0.0273. The van der Waals surface area contributed by atoms with Gasteiger partial charge in [-0.3, -0.25) is 4.57 Å². The Morgan fingerprint density at radius 3 is 2.80 bits per heavy atom. The third-order valence-corrected chi connectivity index (χ3v) is 2.98. The fraction of sp³-hybridized carbons (Fsp3) is 0.357. The molecule has 1 heterocycles. The molecule has 0 unspecified atom stereocenters. The molecule has 0 amide bonds.